The Labute approximate surface area is 272 Å². The first kappa shape index (κ1) is 34.3. The highest BCUT2D eigenvalue weighted by atomic mass is 16.2. The topological polar surface area (TPSA) is 265 Å². The second-order valence-corrected chi connectivity index (χ2v) is 15.6. The summed E-state index contributed by atoms with van der Waals surface area (Å²) in [5.74, 6) is 0. The van der Waals surface area contributed by atoms with Gasteiger partial charge in [0.2, 0.25) is 0 Å². The monoisotopic (exact) mass is 672 g/mol. The summed E-state index contributed by atoms with van der Waals surface area (Å²) in [5, 5.41) is 22.3. The third-order valence-corrected chi connectivity index (χ3v) is 9.45. The fourth-order valence-electron chi connectivity index (χ4n) is 8.64. The molecule has 0 saturated heterocycles. The number of hydrogen-bond acceptors (Lipinski definition) is 8. The van der Waals surface area contributed by atoms with Crippen molar-refractivity contribution in [3.8, 4) is 0 Å². The molecule has 2 aliphatic heterocycles. The van der Waals surface area contributed by atoms with E-state index in [4.69, 9.17) is 0 Å². The van der Waals surface area contributed by atoms with Crippen LogP contribution in [0.4, 0.5) is 19.2 Å². The number of carbonyl (C=O) groups is 4. The van der Waals surface area contributed by atoms with Crippen LogP contribution in [0.2, 0.25) is 0 Å². The number of aromatic amines is 4. The summed E-state index contributed by atoms with van der Waals surface area (Å²) in [4.78, 5) is 96.7. The number of imide groups is 2. The summed E-state index contributed by atoms with van der Waals surface area (Å²) in [6.45, 7) is 12.5. The van der Waals surface area contributed by atoms with Crippen molar-refractivity contribution in [1.82, 2.24) is 39.3 Å². The largest absolute Gasteiger partial charge is 0.370 e. The number of amides is 8. The molecule has 48 heavy (non-hydrogen) atoms. The van der Waals surface area contributed by atoms with E-state index in [1.807, 2.05) is 27.7 Å². The zero-order valence-electron chi connectivity index (χ0n) is 27.7. The minimum absolute atomic E-state index is 0.141. The standard InChI is InChI=1S/C14H22N6O4.C14H18N6O4/c2*1-13(2)4-8(20-11(23)17-18-12(20)24)5-14(3,6-13)7-19-9(21)15-16-10(19)22/h8H,4-7H2,1-3H3,(H,15,21)(H,16,22)(H,17,23)(H,18,24);8H,4-7H2,1-3H3. The number of azo groups is 2. The molecule has 2 aliphatic carbocycles. The third kappa shape index (κ3) is 6.96. The first-order valence-corrected chi connectivity index (χ1v) is 15.5. The summed E-state index contributed by atoms with van der Waals surface area (Å²) in [6.07, 6.45) is 3.75. The SMILES string of the molecule is CC1(C)CC(N2C(=O)N=NC2=O)CC(C)(CN2C(=O)N=NC2=O)C1.CC1(C)CC(n2c(=O)[nH][nH]c2=O)CC(C)(Cn2c(=O)[nH][nH]c2=O)C1. The maximum atomic E-state index is 11.9. The van der Waals surface area contributed by atoms with Crippen LogP contribution in [0.15, 0.2) is 39.6 Å². The van der Waals surface area contributed by atoms with E-state index in [0.29, 0.717) is 25.7 Å². The Morgan fingerprint density at radius 3 is 1.44 bits per heavy atom. The summed E-state index contributed by atoms with van der Waals surface area (Å²) in [6, 6.07) is -3.36. The number of carbonyl (C=O) groups excluding carboxylic acids is 4. The average Bonchev–Trinajstić information content (AvgIpc) is 3.66. The highest BCUT2D eigenvalue weighted by Gasteiger charge is 2.49. The van der Waals surface area contributed by atoms with Crippen molar-refractivity contribution in [2.24, 2.45) is 42.1 Å². The van der Waals surface area contributed by atoms with Crippen molar-refractivity contribution in [3.05, 3.63) is 41.9 Å². The number of rotatable bonds is 6. The van der Waals surface area contributed by atoms with Gasteiger partial charge in [-0.05, 0) is 60.2 Å². The molecule has 2 aromatic heterocycles. The van der Waals surface area contributed by atoms with Crippen LogP contribution in [-0.2, 0) is 6.54 Å². The van der Waals surface area contributed by atoms with Crippen molar-refractivity contribution in [1.29, 1.82) is 0 Å². The zero-order valence-corrected chi connectivity index (χ0v) is 27.7. The summed E-state index contributed by atoms with van der Waals surface area (Å²) in [7, 11) is 0. The Morgan fingerprint density at radius 1 is 0.542 bits per heavy atom. The van der Waals surface area contributed by atoms with E-state index in [9.17, 15) is 38.4 Å². The number of aromatic nitrogens is 6. The van der Waals surface area contributed by atoms with E-state index in [2.05, 4.69) is 54.7 Å². The summed E-state index contributed by atoms with van der Waals surface area (Å²) < 4.78 is 2.33. The molecule has 2 aromatic rings. The molecular weight excluding hydrogens is 632 g/mol. The van der Waals surface area contributed by atoms with Crippen molar-refractivity contribution in [2.75, 3.05) is 6.54 Å². The van der Waals surface area contributed by atoms with Gasteiger partial charge in [-0.15, -0.1) is 0 Å². The van der Waals surface area contributed by atoms with Gasteiger partial charge in [0.15, 0.2) is 0 Å². The van der Waals surface area contributed by atoms with Crippen LogP contribution in [0.3, 0.4) is 0 Å². The zero-order chi connectivity index (χ0) is 35.4. The molecule has 4 atom stereocenters. The van der Waals surface area contributed by atoms with Gasteiger partial charge in [0.1, 0.15) is 0 Å². The molecular formula is C28H40N12O8. The molecule has 260 valence electrons. The molecule has 0 aromatic carbocycles. The van der Waals surface area contributed by atoms with E-state index < -0.39 is 57.7 Å². The fourth-order valence-corrected chi connectivity index (χ4v) is 8.64. The average molecular weight is 673 g/mol. The predicted molar refractivity (Wildman–Crippen MR) is 165 cm³/mol. The Hall–Kier alpha value is -5.04. The van der Waals surface area contributed by atoms with Crippen LogP contribution in [0.5, 0.6) is 0 Å². The van der Waals surface area contributed by atoms with E-state index >= 15 is 0 Å². The van der Waals surface area contributed by atoms with E-state index in [0.717, 1.165) is 27.2 Å². The summed E-state index contributed by atoms with van der Waals surface area (Å²) in [5.41, 5.74) is -3.14. The molecule has 0 radical (unpaired) electrons. The molecule has 20 nitrogen and oxygen atoms in total. The van der Waals surface area contributed by atoms with Crippen molar-refractivity contribution in [3.63, 3.8) is 0 Å². The quantitative estimate of drug-likeness (QED) is 0.353. The van der Waals surface area contributed by atoms with Crippen LogP contribution < -0.4 is 22.8 Å². The van der Waals surface area contributed by atoms with Crippen molar-refractivity contribution in [2.45, 2.75) is 98.7 Å². The molecule has 8 amide bonds. The second-order valence-electron chi connectivity index (χ2n) is 15.6. The van der Waals surface area contributed by atoms with E-state index in [-0.39, 0.29) is 36.0 Å². The van der Waals surface area contributed by atoms with E-state index in [1.165, 1.54) is 4.57 Å². The maximum Gasteiger partial charge on any atom is 0.370 e. The maximum absolute atomic E-state index is 11.9. The van der Waals surface area contributed by atoms with Gasteiger partial charge in [0.05, 0.1) is 0 Å². The van der Waals surface area contributed by atoms with Gasteiger partial charge in [-0.25, -0.2) is 77.7 Å². The third-order valence-electron chi connectivity index (χ3n) is 9.45. The molecule has 4 unspecified atom stereocenters. The van der Waals surface area contributed by atoms with Gasteiger partial charge in [-0.2, -0.15) is 0 Å². The molecule has 6 rings (SSSR count). The van der Waals surface area contributed by atoms with Gasteiger partial charge in [0, 0.05) is 25.2 Å². The van der Waals surface area contributed by atoms with Crippen LogP contribution in [0.1, 0.15) is 86.1 Å². The molecule has 4 aliphatic rings. The van der Waals surface area contributed by atoms with Crippen molar-refractivity contribution >= 4 is 24.1 Å². The predicted octanol–water partition coefficient (Wildman–Crippen LogP) is 3.09. The molecule has 0 bridgehead atoms. The normalized spacial score (nSPS) is 29.5. The lowest BCUT2D eigenvalue weighted by molar-refractivity contribution is 0.0333. The second kappa shape index (κ2) is 11.9. The Balaban J connectivity index is 0.000000188. The van der Waals surface area contributed by atoms with Crippen LogP contribution >= 0.6 is 0 Å². The lowest BCUT2D eigenvalue weighted by Gasteiger charge is -2.48. The number of urea groups is 4. The number of nitrogens with one attached hydrogen (secondary N) is 4. The van der Waals surface area contributed by atoms with E-state index in [1.54, 1.807) is 0 Å². The number of H-pyrrole nitrogens is 4. The lowest BCUT2D eigenvalue weighted by Crippen LogP contribution is -2.52. The lowest BCUT2D eigenvalue weighted by atomic mass is 9.62. The smallest absolute Gasteiger partial charge is 0.247 e. The molecule has 2 saturated carbocycles. The first-order valence-electron chi connectivity index (χ1n) is 15.5. The Morgan fingerprint density at radius 2 is 0.938 bits per heavy atom. The molecule has 20 heteroatoms. The highest BCUT2D eigenvalue weighted by molar-refractivity contribution is 5.99. The number of nitrogens with zero attached hydrogens (tertiary/aromatic N) is 8. The van der Waals surface area contributed by atoms with Crippen molar-refractivity contribution < 1.29 is 19.2 Å². The van der Waals surface area contributed by atoms with Gasteiger partial charge >= 0.3 is 46.9 Å². The van der Waals surface area contributed by atoms with Gasteiger partial charge in [0.25, 0.3) is 0 Å². The van der Waals surface area contributed by atoms with Gasteiger partial charge in [-0.3, -0.25) is 0 Å². The van der Waals surface area contributed by atoms with Crippen LogP contribution in [0.25, 0.3) is 0 Å². The minimum Gasteiger partial charge on any atom is -0.247 e. The highest BCUT2D eigenvalue weighted by Crippen LogP contribution is 2.51. The molecule has 4 N–H and O–H groups in total. The summed E-state index contributed by atoms with van der Waals surface area (Å²) >= 11 is 0. The number of hydrogen-bond donors (Lipinski definition) is 4. The molecule has 2 fully saturated rings. The van der Waals surface area contributed by atoms with Gasteiger partial charge < -0.3 is 0 Å². The molecule has 0 spiro atoms. The Bertz CT molecular complexity index is 1850. The fraction of sp³-hybridized carbons (Fsp3) is 0.714. The van der Waals surface area contributed by atoms with Crippen LogP contribution in [0, 0.1) is 21.7 Å². The first-order chi connectivity index (χ1) is 22.2. The van der Waals surface area contributed by atoms with Crippen LogP contribution in [-0.4, -0.2) is 76.0 Å². The molecule has 4 heterocycles. The minimum atomic E-state index is -0.681. The van der Waals surface area contributed by atoms with Gasteiger partial charge in [-0.1, -0.05) is 62.0 Å². The Kier molecular flexibility index (Phi) is 8.49.